The second kappa shape index (κ2) is 8.56. The molecule has 25 heavy (non-hydrogen) atoms. The van der Waals surface area contributed by atoms with Gasteiger partial charge in [-0.2, -0.15) is 0 Å². The molecule has 5 nitrogen and oxygen atoms in total. The smallest absolute Gasteiger partial charge is 0.317 e. The molecule has 1 aliphatic carbocycles. The molecule has 2 unspecified atom stereocenters. The van der Waals surface area contributed by atoms with E-state index in [1.165, 1.54) is 0 Å². The number of amides is 2. The summed E-state index contributed by atoms with van der Waals surface area (Å²) in [6, 6.07) is 7.68. The minimum atomic E-state index is -0.729. The Morgan fingerprint density at radius 1 is 1.16 bits per heavy atom. The minimum Gasteiger partial charge on any atom is -0.481 e. The quantitative estimate of drug-likeness (QED) is 0.823. The Labute approximate surface area is 154 Å². The molecule has 0 heterocycles. The number of benzene rings is 1. The van der Waals surface area contributed by atoms with E-state index >= 15 is 0 Å². The molecule has 1 aliphatic rings. The number of nitrogens with one attached hydrogen (secondary N) is 1. The molecule has 1 aromatic carbocycles. The first-order valence-corrected chi connectivity index (χ1v) is 9.19. The third-order valence-corrected chi connectivity index (χ3v) is 5.71. The van der Waals surface area contributed by atoms with Crippen LogP contribution in [0.4, 0.5) is 4.79 Å². The molecule has 0 aliphatic heterocycles. The zero-order chi connectivity index (χ0) is 18.6. The fourth-order valence-electron chi connectivity index (χ4n) is 3.33. The molecule has 0 bridgehead atoms. The van der Waals surface area contributed by atoms with Crippen LogP contribution >= 0.6 is 11.6 Å². The number of urea groups is 1. The van der Waals surface area contributed by atoms with E-state index in [0.29, 0.717) is 17.9 Å². The SMILES string of the molecule is CC(c1ccc(Cl)cc1)C(C)N(C)C(=O)NC1CCC(C(=O)O)CC1. The largest absolute Gasteiger partial charge is 0.481 e. The van der Waals surface area contributed by atoms with Crippen molar-refractivity contribution in [2.24, 2.45) is 5.92 Å². The molecule has 2 rings (SSSR count). The van der Waals surface area contributed by atoms with Crippen molar-refractivity contribution >= 4 is 23.6 Å². The fraction of sp³-hybridized carbons (Fsp3) is 0.579. The second-order valence-electron chi connectivity index (χ2n) is 7.03. The molecule has 2 atom stereocenters. The van der Waals surface area contributed by atoms with E-state index in [2.05, 4.69) is 12.2 Å². The van der Waals surface area contributed by atoms with Crippen molar-refractivity contribution in [3.63, 3.8) is 0 Å². The molecule has 1 fully saturated rings. The van der Waals surface area contributed by atoms with Crippen molar-refractivity contribution in [3.8, 4) is 0 Å². The molecule has 138 valence electrons. The van der Waals surface area contributed by atoms with Gasteiger partial charge in [0.1, 0.15) is 0 Å². The standard InChI is InChI=1S/C19H27ClN2O3/c1-12(14-4-8-16(20)9-5-14)13(2)22(3)19(25)21-17-10-6-15(7-11-17)18(23)24/h4-5,8-9,12-13,15,17H,6-7,10-11H2,1-3H3,(H,21,25)(H,23,24). The number of nitrogens with zero attached hydrogens (tertiary/aromatic N) is 1. The Balaban J connectivity index is 1.88. The van der Waals surface area contributed by atoms with Gasteiger partial charge >= 0.3 is 12.0 Å². The first-order chi connectivity index (χ1) is 11.8. The van der Waals surface area contributed by atoms with Crippen LogP contribution in [-0.4, -0.2) is 41.1 Å². The van der Waals surface area contributed by atoms with Crippen molar-refractivity contribution in [2.45, 2.75) is 57.5 Å². The van der Waals surface area contributed by atoms with Gasteiger partial charge in [0.2, 0.25) is 0 Å². The molecule has 0 aromatic heterocycles. The lowest BCUT2D eigenvalue weighted by atomic mass is 9.86. The maximum Gasteiger partial charge on any atom is 0.317 e. The lowest BCUT2D eigenvalue weighted by Gasteiger charge is -2.33. The van der Waals surface area contributed by atoms with E-state index in [1.807, 2.05) is 31.2 Å². The maximum atomic E-state index is 12.5. The Kier molecular flexibility index (Phi) is 6.71. The van der Waals surface area contributed by atoms with Gasteiger partial charge in [-0.05, 0) is 50.3 Å². The molecule has 6 heteroatoms. The van der Waals surface area contributed by atoms with E-state index in [0.717, 1.165) is 18.4 Å². The zero-order valence-corrected chi connectivity index (χ0v) is 15.8. The molecule has 1 aromatic rings. The van der Waals surface area contributed by atoms with Crippen LogP contribution in [0.2, 0.25) is 5.02 Å². The highest BCUT2D eigenvalue weighted by Gasteiger charge is 2.29. The molecular weight excluding hydrogens is 340 g/mol. The molecular formula is C19H27ClN2O3. The second-order valence-corrected chi connectivity index (χ2v) is 7.46. The van der Waals surface area contributed by atoms with Crippen LogP contribution in [0.25, 0.3) is 0 Å². The van der Waals surface area contributed by atoms with E-state index in [4.69, 9.17) is 16.7 Å². The Morgan fingerprint density at radius 2 is 1.72 bits per heavy atom. The molecule has 0 radical (unpaired) electrons. The summed E-state index contributed by atoms with van der Waals surface area (Å²) in [6.45, 7) is 4.12. The highest BCUT2D eigenvalue weighted by Crippen LogP contribution is 2.26. The van der Waals surface area contributed by atoms with Gasteiger partial charge in [0.25, 0.3) is 0 Å². The number of carbonyl (C=O) groups is 2. The lowest BCUT2D eigenvalue weighted by Crippen LogP contribution is -2.48. The van der Waals surface area contributed by atoms with Crippen molar-refractivity contribution in [3.05, 3.63) is 34.9 Å². The van der Waals surface area contributed by atoms with Crippen LogP contribution in [0, 0.1) is 5.92 Å². The van der Waals surface area contributed by atoms with Crippen molar-refractivity contribution in [2.75, 3.05) is 7.05 Å². The number of hydrogen-bond donors (Lipinski definition) is 2. The average molecular weight is 367 g/mol. The number of likely N-dealkylation sites (N-methyl/N-ethyl adjacent to an activating group) is 1. The summed E-state index contributed by atoms with van der Waals surface area (Å²) in [7, 11) is 1.80. The molecule has 2 N–H and O–H groups in total. The van der Waals surface area contributed by atoms with Crippen LogP contribution in [0.1, 0.15) is 51.0 Å². The minimum absolute atomic E-state index is 0.0246. The van der Waals surface area contributed by atoms with E-state index < -0.39 is 5.97 Å². The zero-order valence-electron chi connectivity index (χ0n) is 15.0. The van der Waals surface area contributed by atoms with Crippen LogP contribution in [-0.2, 0) is 4.79 Å². The monoisotopic (exact) mass is 366 g/mol. The van der Waals surface area contributed by atoms with Crippen LogP contribution in [0.3, 0.4) is 0 Å². The van der Waals surface area contributed by atoms with Gasteiger partial charge in [0.15, 0.2) is 0 Å². The summed E-state index contributed by atoms with van der Waals surface area (Å²) in [6.07, 6.45) is 2.69. The topological polar surface area (TPSA) is 69.6 Å². The summed E-state index contributed by atoms with van der Waals surface area (Å²) < 4.78 is 0. The Hall–Kier alpha value is -1.75. The highest BCUT2D eigenvalue weighted by molar-refractivity contribution is 6.30. The summed E-state index contributed by atoms with van der Waals surface area (Å²) in [4.78, 5) is 25.3. The maximum absolute atomic E-state index is 12.5. The van der Waals surface area contributed by atoms with Crippen LogP contribution in [0.15, 0.2) is 24.3 Å². The van der Waals surface area contributed by atoms with Crippen LogP contribution < -0.4 is 5.32 Å². The predicted octanol–water partition coefficient (Wildman–Crippen LogP) is 4.12. The van der Waals surface area contributed by atoms with E-state index in [1.54, 1.807) is 11.9 Å². The normalized spacial score (nSPS) is 22.7. The van der Waals surface area contributed by atoms with Gasteiger partial charge in [-0.1, -0.05) is 30.7 Å². The number of rotatable bonds is 5. The van der Waals surface area contributed by atoms with Crippen molar-refractivity contribution in [1.82, 2.24) is 10.2 Å². The number of aliphatic carboxylic acids is 1. The summed E-state index contributed by atoms with van der Waals surface area (Å²) in [5.41, 5.74) is 1.14. The lowest BCUT2D eigenvalue weighted by molar-refractivity contribution is -0.142. The van der Waals surface area contributed by atoms with Gasteiger partial charge in [0, 0.05) is 30.1 Å². The molecule has 2 amide bonds. The van der Waals surface area contributed by atoms with Gasteiger partial charge in [-0.3, -0.25) is 4.79 Å². The third kappa shape index (κ3) is 5.11. The van der Waals surface area contributed by atoms with Crippen molar-refractivity contribution < 1.29 is 14.7 Å². The van der Waals surface area contributed by atoms with Gasteiger partial charge < -0.3 is 15.3 Å². The predicted molar refractivity (Wildman–Crippen MR) is 99.0 cm³/mol. The summed E-state index contributed by atoms with van der Waals surface area (Å²) in [5.74, 6) is -0.821. The fourth-order valence-corrected chi connectivity index (χ4v) is 3.45. The van der Waals surface area contributed by atoms with E-state index in [9.17, 15) is 9.59 Å². The third-order valence-electron chi connectivity index (χ3n) is 5.45. The van der Waals surface area contributed by atoms with Crippen LogP contribution in [0.5, 0.6) is 0 Å². The first kappa shape index (κ1) is 19.6. The number of carbonyl (C=O) groups excluding carboxylic acids is 1. The number of carboxylic acid groups (broad SMARTS) is 1. The summed E-state index contributed by atoms with van der Waals surface area (Å²) in [5, 5.41) is 12.8. The number of hydrogen-bond acceptors (Lipinski definition) is 2. The molecule has 0 saturated heterocycles. The Morgan fingerprint density at radius 3 is 2.24 bits per heavy atom. The van der Waals surface area contributed by atoms with Gasteiger partial charge in [-0.25, -0.2) is 4.79 Å². The van der Waals surface area contributed by atoms with Gasteiger partial charge in [-0.15, -0.1) is 0 Å². The van der Waals surface area contributed by atoms with Crippen molar-refractivity contribution in [1.29, 1.82) is 0 Å². The number of halogens is 1. The average Bonchev–Trinajstić information content (AvgIpc) is 2.60. The van der Waals surface area contributed by atoms with Gasteiger partial charge in [0.05, 0.1) is 5.92 Å². The first-order valence-electron chi connectivity index (χ1n) is 8.81. The summed E-state index contributed by atoms with van der Waals surface area (Å²) >= 11 is 5.94. The molecule has 1 saturated carbocycles. The van der Waals surface area contributed by atoms with E-state index in [-0.39, 0.29) is 30.0 Å². The Bertz CT molecular complexity index is 597. The highest BCUT2D eigenvalue weighted by atomic mass is 35.5. The number of carboxylic acids is 1. The molecule has 0 spiro atoms.